The van der Waals surface area contributed by atoms with E-state index < -0.39 is 0 Å². The molecule has 4 aromatic rings. The summed E-state index contributed by atoms with van der Waals surface area (Å²) in [6.45, 7) is 0.859. The van der Waals surface area contributed by atoms with Crippen molar-refractivity contribution in [3.63, 3.8) is 0 Å². The second-order valence-electron chi connectivity index (χ2n) is 5.99. The molecule has 4 rings (SSSR count). The molecule has 0 saturated carbocycles. The molecule has 27 heavy (non-hydrogen) atoms. The Bertz CT molecular complexity index is 1100. The minimum atomic E-state index is -0.283. The van der Waals surface area contributed by atoms with Gasteiger partial charge >= 0.3 is 0 Å². The van der Waals surface area contributed by atoms with Gasteiger partial charge in [-0.3, -0.25) is 9.89 Å². The normalized spacial score (nSPS) is 10.9. The van der Waals surface area contributed by atoms with Gasteiger partial charge in [-0.15, -0.1) is 0 Å². The molecule has 2 aromatic carbocycles. The van der Waals surface area contributed by atoms with E-state index in [0.29, 0.717) is 24.7 Å². The van der Waals surface area contributed by atoms with Crippen LogP contribution in [0.4, 0.5) is 16.0 Å². The summed E-state index contributed by atoms with van der Waals surface area (Å²) in [6, 6.07) is 17.3. The number of anilines is 2. The Morgan fingerprint density at radius 2 is 1.74 bits per heavy atom. The number of fused-ring (bicyclic) bond motifs is 1. The van der Waals surface area contributed by atoms with Crippen LogP contribution in [0.5, 0.6) is 0 Å². The van der Waals surface area contributed by atoms with Crippen LogP contribution in [0.25, 0.3) is 5.78 Å². The molecule has 0 atom stereocenters. The Hall–Kier alpha value is -3.68. The van der Waals surface area contributed by atoms with Gasteiger partial charge in [-0.1, -0.05) is 30.3 Å². The molecule has 0 amide bonds. The van der Waals surface area contributed by atoms with Gasteiger partial charge in [-0.05, 0) is 29.8 Å². The van der Waals surface area contributed by atoms with E-state index in [1.54, 1.807) is 12.1 Å². The number of benzene rings is 2. The number of rotatable bonds is 6. The summed E-state index contributed by atoms with van der Waals surface area (Å²) in [4.78, 5) is 21.0. The highest BCUT2D eigenvalue weighted by Gasteiger charge is 2.08. The number of halogens is 1. The number of aromatic amines is 1. The molecule has 0 unspecified atom stereocenters. The summed E-state index contributed by atoms with van der Waals surface area (Å²) in [6.07, 6.45) is 0. The van der Waals surface area contributed by atoms with E-state index in [1.165, 1.54) is 22.7 Å². The monoisotopic (exact) mass is 364 g/mol. The summed E-state index contributed by atoms with van der Waals surface area (Å²) in [7, 11) is 0. The molecule has 2 aromatic heterocycles. The zero-order chi connectivity index (χ0) is 18.6. The van der Waals surface area contributed by atoms with E-state index >= 15 is 0 Å². The summed E-state index contributed by atoms with van der Waals surface area (Å²) in [5.74, 6) is 0.418. The van der Waals surface area contributed by atoms with Crippen molar-refractivity contribution in [3.05, 3.63) is 88.1 Å². The molecule has 8 heteroatoms. The van der Waals surface area contributed by atoms with E-state index in [9.17, 15) is 9.18 Å². The Balaban J connectivity index is 1.49. The van der Waals surface area contributed by atoms with Crippen LogP contribution >= 0.6 is 0 Å². The van der Waals surface area contributed by atoms with Crippen LogP contribution in [0.3, 0.4) is 0 Å². The zero-order valence-electron chi connectivity index (χ0n) is 14.3. The molecular weight excluding hydrogens is 347 g/mol. The fourth-order valence-corrected chi connectivity index (χ4v) is 2.63. The average Bonchev–Trinajstić information content (AvgIpc) is 3.10. The van der Waals surface area contributed by atoms with Crippen LogP contribution < -0.4 is 16.2 Å². The van der Waals surface area contributed by atoms with Gasteiger partial charge in [0.25, 0.3) is 11.3 Å². The molecule has 0 bridgehead atoms. The molecule has 0 radical (unpaired) electrons. The van der Waals surface area contributed by atoms with Crippen LogP contribution in [0.2, 0.25) is 0 Å². The van der Waals surface area contributed by atoms with Crippen molar-refractivity contribution in [2.45, 2.75) is 13.1 Å². The maximum atomic E-state index is 13.0. The number of hydrogen-bond donors (Lipinski definition) is 3. The summed E-state index contributed by atoms with van der Waals surface area (Å²) < 4.78 is 14.2. The van der Waals surface area contributed by atoms with Crippen molar-refractivity contribution in [3.8, 4) is 0 Å². The van der Waals surface area contributed by atoms with Crippen LogP contribution in [0, 0.1) is 5.82 Å². The largest absolute Gasteiger partial charge is 0.379 e. The standard InChI is InChI=1S/C19H17FN6O/c20-14-8-6-13(7-9-14)11-22-18-24-19-23-16(10-17(27)26(19)25-18)12-21-15-4-2-1-3-5-15/h1-10,21H,11-12H2,(H2,22,23,24,25). The number of H-pyrrole nitrogens is 1. The molecular formula is C19H17FN6O. The molecule has 0 aliphatic heterocycles. The SMILES string of the molecule is O=c1cc(CNc2ccccc2)nc2nc(NCc3ccc(F)cc3)[nH]n12. The number of hydrogen-bond acceptors (Lipinski definition) is 5. The summed E-state index contributed by atoms with van der Waals surface area (Å²) in [5, 5.41) is 9.16. The minimum Gasteiger partial charge on any atom is -0.379 e. The number of aromatic nitrogens is 4. The predicted octanol–water partition coefficient (Wildman–Crippen LogP) is 2.78. The fourth-order valence-electron chi connectivity index (χ4n) is 2.63. The van der Waals surface area contributed by atoms with Gasteiger partial charge in [0.2, 0.25) is 5.95 Å². The van der Waals surface area contributed by atoms with Gasteiger partial charge in [0.05, 0.1) is 12.2 Å². The van der Waals surface area contributed by atoms with E-state index in [1.807, 2.05) is 30.3 Å². The maximum Gasteiger partial charge on any atom is 0.274 e. The molecule has 0 aliphatic carbocycles. The third-order valence-corrected chi connectivity index (χ3v) is 4.00. The lowest BCUT2D eigenvalue weighted by molar-refractivity contribution is 0.627. The molecule has 136 valence electrons. The zero-order valence-corrected chi connectivity index (χ0v) is 14.3. The van der Waals surface area contributed by atoms with Crippen LogP contribution in [-0.2, 0) is 13.1 Å². The first-order valence-electron chi connectivity index (χ1n) is 8.43. The van der Waals surface area contributed by atoms with Gasteiger partial charge < -0.3 is 10.6 Å². The predicted molar refractivity (Wildman–Crippen MR) is 101 cm³/mol. The molecule has 2 heterocycles. The van der Waals surface area contributed by atoms with Crippen LogP contribution in [0.1, 0.15) is 11.3 Å². The van der Waals surface area contributed by atoms with Gasteiger partial charge in [0.1, 0.15) is 5.82 Å². The average molecular weight is 364 g/mol. The summed E-state index contributed by atoms with van der Waals surface area (Å²) in [5.41, 5.74) is 2.20. The molecule has 0 spiro atoms. The second kappa shape index (κ2) is 7.28. The topological polar surface area (TPSA) is 87.1 Å². The maximum absolute atomic E-state index is 13.0. The summed E-state index contributed by atoms with van der Waals surface area (Å²) >= 11 is 0. The van der Waals surface area contributed by atoms with Crippen molar-refractivity contribution >= 4 is 17.4 Å². The Kier molecular flexibility index (Phi) is 4.52. The van der Waals surface area contributed by atoms with E-state index in [0.717, 1.165) is 11.3 Å². The number of nitrogens with zero attached hydrogens (tertiary/aromatic N) is 3. The minimum absolute atomic E-state index is 0.243. The second-order valence-corrected chi connectivity index (χ2v) is 5.99. The smallest absolute Gasteiger partial charge is 0.274 e. The highest BCUT2D eigenvalue weighted by atomic mass is 19.1. The van der Waals surface area contributed by atoms with Gasteiger partial charge in [0, 0.05) is 18.3 Å². The van der Waals surface area contributed by atoms with Crippen LogP contribution in [0.15, 0.2) is 65.5 Å². The highest BCUT2D eigenvalue weighted by molar-refractivity contribution is 5.43. The third-order valence-electron chi connectivity index (χ3n) is 4.00. The first-order chi connectivity index (χ1) is 13.2. The molecule has 3 N–H and O–H groups in total. The van der Waals surface area contributed by atoms with Crippen molar-refractivity contribution in [1.82, 2.24) is 19.6 Å². The Labute approximate surface area is 153 Å². The van der Waals surface area contributed by atoms with Crippen molar-refractivity contribution < 1.29 is 4.39 Å². The lowest BCUT2D eigenvalue weighted by Crippen LogP contribution is -2.17. The van der Waals surface area contributed by atoms with Gasteiger partial charge in [0.15, 0.2) is 0 Å². The first kappa shape index (κ1) is 16.8. The van der Waals surface area contributed by atoms with Gasteiger partial charge in [-0.2, -0.15) is 9.50 Å². The third kappa shape index (κ3) is 3.95. The molecule has 0 aliphatic rings. The van der Waals surface area contributed by atoms with Crippen LogP contribution in [-0.4, -0.2) is 19.6 Å². The Morgan fingerprint density at radius 1 is 0.963 bits per heavy atom. The van der Waals surface area contributed by atoms with E-state index in [2.05, 4.69) is 25.7 Å². The first-order valence-corrected chi connectivity index (χ1v) is 8.43. The van der Waals surface area contributed by atoms with Crippen molar-refractivity contribution in [2.75, 3.05) is 10.6 Å². The number of nitrogens with one attached hydrogen (secondary N) is 3. The lowest BCUT2D eigenvalue weighted by Gasteiger charge is -2.05. The quantitative estimate of drug-likeness (QED) is 0.490. The van der Waals surface area contributed by atoms with Crippen molar-refractivity contribution in [2.24, 2.45) is 0 Å². The highest BCUT2D eigenvalue weighted by Crippen LogP contribution is 2.09. The molecule has 0 fully saturated rings. The Morgan fingerprint density at radius 3 is 2.52 bits per heavy atom. The van der Waals surface area contributed by atoms with Gasteiger partial charge in [-0.25, -0.2) is 9.37 Å². The fraction of sp³-hybridized carbons (Fsp3) is 0.105. The number of para-hydroxylation sites is 1. The lowest BCUT2D eigenvalue weighted by atomic mass is 10.2. The molecule has 0 saturated heterocycles. The molecule has 7 nitrogen and oxygen atoms in total. The van der Waals surface area contributed by atoms with E-state index in [-0.39, 0.29) is 17.2 Å². The van der Waals surface area contributed by atoms with Crippen molar-refractivity contribution in [1.29, 1.82) is 0 Å². The van der Waals surface area contributed by atoms with E-state index in [4.69, 9.17) is 0 Å².